The molecule has 1 aromatic rings. The lowest BCUT2D eigenvalue weighted by Crippen LogP contribution is -2.35. The number of sulfonamides is 1. The summed E-state index contributed by atoms with van der Waals surface area (Å²) in [7, 11) is -3.56. The third kappa shape index (κ3) is 2.71. The third-order valence-corrected chi connectivity index (χ3v) is 5.42. The molecular formula is C10H12BrN3O2S2. The molecule has 1 aliphatic heterocycles. The van der Waals surface area contributed by atoms with Crippen LogP contribution in [0.1, 0.15) is 13.3 Å². The molecule has 0 saturated heterocycles. The van der Waals surface area contributed by atoms with Crippen LogP contribution in [0.15, 0.2) is 31.8 Å². The molecule has 1 N–H and O–H groups in total. The normalized spacial score (nSPS) is 15.2. The summed E-state index contributed by atoms with van der Waals surface area (Å²) in [4.78, 5) is 0.188. The van der Waals surface area contributed by atoms with Crippen LogP contribution in [-0.4, -0.2) is 19.8 Å². The van der Waals surface area contributed by atoms with Gasteiger partial charge in [0.05, 0.1) is 11.4 Å². The van der Waals surface area contributed by atoms with E-state index in [1.807, 2.05) is 6.92 Å². The van der Waals surface area contributed by atoms with Gasteiger partial charge in [0.15, 0.2) is 0 Å². The second-order valence-corrected chi connectivity index (χ2v) is 6.63. The molecule has 18 heavy (non-hydrogen) atoms. The average molecular weight is 350 g/mol. The highest BCUT2D eigenvalue weighted by Crippen LogP contribution is 2.37. The lowest BCUT2D eigenvalue weighted by atomic mass is 10.3. The first-order valence-electron chi connectivity index (χ1n) is 5.38. The second kappa shape index (κ2) is 5.60. The van der Waals surface area contributed by atoms with E-state index in [-0.39, 0.29) is 10.9 Å². The number of alkyl halides is 1. The van der Waals surface area contributed by atoms with Gasteiger partial charge in [-0.2, -0.15) is 8.73 Å². The minimum Gasteiger partial charge on any atom is -0.207 e. The van der Waals surface area contributed by atoms with Gasteiger partial charge in [0, 0.05) is 11.4 Å². The van der Waals surface area contributed by atoms with Crippen molar-refractivity contribution in [3.63, 3.8) is 0 Å². The van der Waals surface area contributed by atoms with E-state index < -0.39 is 10.0 Å². The fraction of sp³-hybridized carbons (Fsp3) is 0.400. The molecule has 0 saturated carbocycles. The molecule has 0 bridgehead atoms. The van der Waals surface area contributed by atoms with Crippen molar-refractivity contribution in [2.45, 2.75) is 24.3 Å². The first-order valence-corrected chi connectivity index (χ1v) is 8.71. The van der Waals surface area contributed by atoms with Gasteiger partial charge in [0.25, 0.3) is 0 Å². The molecule has 0 spiro atoms. The molecule has 0 amide bonds. The van der Waals surface area contributed by atoms with Crippen LogP contribution in [-0.2, 0) is 21.4 Å². The maximum atomic E-state index is 12.3. The van der Waals surface area contributed by atoms with E-state index in [9.17, 15) is 8.42 Å². The number of hydrogen-bond donors (Lipinski definition) is 1. The summed E-state index contributed by atoms with van der Waals surface area (Å²) in [6, 6.07) is 4.84. The summed E-state index contributed by atoms with van der Waals surface area (Å²) in [6.07, 6.45) is 0.718. The van der Waals surface area contributed by atoms with Crippen molar-refractivity contribution in [3.8, 4) is 0 Å². The van der Waals surface area contributed by atoms with Gasteiger partial charge < -0.3 is 0 Å². The summed E-state index contributed by atoms with van der Waals surface area (Å²) in [5.41, 5.74) is 1.04. The van der Waals surface area contributed by atoms with Gasteiger partial charge in [0.1, 0.15) is 16.3 Å². The predicted octanol–water partition coefficient (Wildman–Crippen LogP) is 2.86. The fourth-order valence-electron chi connectivity index (χ4n) is 1.51. The maximum Gasteiger partial charge on any atom is 0.243 e. The van der Waals surface area contributed by atoms with Crippen LogP contribution < -0.4 is 4.72 Å². The lowest BCUT2D eigenvalue weighted by Gasteiger charge is -2.15. The van der Waals surface area contributed by atoms with Crippen molar-refractivity contribution < 1.29 is 8.42 Å². The largest absolute Gasteiger partial charge is 0.243 e. The number of hydrogen-bond acceptors (Lipinski definition) is 4. The van der Waals surface area contributed by atoms with Crippen LogP contribution in [0.2, 0.25) is 0 Å². The van der Waals surface area contributed by atoms with Crippen LogP contribution >= 0.6 is 15.9 Å². The molecule has 1 atom stereocenters. The monoisotopic (exact) mass is 349 g/mol. The molecule has 0 fully saturated rings. The number of rotatable bonds is 5. The molecule has 0 aromatic heterocycles. The molecule has 2 rings (SSSR count). The number of benzene rings is 1. The Balaban J connectivity index is 2.38. The molecule has 98 valence electrons. The predicted molar refractivity (Wildman–Crippen MR) is 76.2 cm³/mol. The van der Waals surface area contributed by atoms with Gasteiger partial charge in [-0.3, -0.25) is 0 Å². The Bertz CT molecular complexity index is 620. The lowest BCUT2D eigenvalue weighted by molar-refractivity contribution is 0.559. The zero-order chi connectivity index (χ0) is 13.2. The number of fused-ring (bicyclic) bond motifs is 1. The topological polar surface area (TPSA) is 70.9 Å². The third-order valence-electron chi connectivity index (χ3n) is 2.54. The van der Waals surface area contributed by atoms with E-state index in [1.165, 1.54) is 0 Å². The Hall–Kier alpha value is -0.570. The highest BCUT2D eigenvalue weighted by Gasteiger charge is 2.24. The zero-order valence-corrected chi connectivity index (χ0v) is 12.8. The summed E-state index contributed by atoms with van der Waals surface area (Å²) in [6.45, 7) is 1.93. The molecule has 0 aliphatic carbocycles. The van der Waals surface area contributed by atoms with Crippen molar-refractivity contribution in [1.82, 2.24) is 4.72 Å². The van der Waals surface area contributed by atoms with E-state index >= 15 is 0 Å². The maximum absolute atomic E-state index is 12.3. The van der Waals surface area contributed by atoms with Gasteiger partial charge in [-0.25, -0.2) is 13.1 Å². The molecule has 1 heterocycles. The molecular weight excluding hydrogens is 338 g/mol. The van der Waals surface area contributed by atoms with Crippen LogP contribution in [0.25, 0.3) is 0 Å². The molecule has 1 unspecified atom stereocenters. The summed E-state index contributed by atoms with van der Waals surface area (Å²) < 4.78 is 35.3. The van der Waals surface area contributed by atoms with Crippen LogP contribution in [0, 0.1) is 0 Å². The van der Waals surface area contributed by atoms with Crippen molar-refractivity contribution >= 4 is 48.7 Å². The van der Waals surface area contributed by atoms with Gasteiger partial charge in [-0.05, 0) is 18.6 Å². The molecule has 1 aliphatic rings. The summed E-state index contributed by atoms with van der Waals surface area (Å²) >= 11 is 4.30. The van der Waals surface area contributed by atoms with Crippen molar-refractivity contribution in [3.05, 3.63) is 18.2 Å². The van der Waals surface area contributed by atoms with Gasteiger partial charge in [-0.1, -0.05) is 28.9 Å². The minimum absolute atomic E-state index is 0.128. The summed E-state index contributed by atoms with van der Waals surface area (Å²) in [5.74, 6) is 0. The first-order chi connectivity index (χ1) is 8.58. The average Bonchev–Trinajstić information content (AvgIpc) is 2.83. The van der Waals surface area contributed by atoms with Crippen LogP contribution in [0.5, 0.6) is 0 Å². The Morgan fingerprint density at radius 3 is 2.89 bits per heavy atom. The van der Waals surface area contributed by atoms with E-state index in [4.69, 9.17) is 0 Å². The van der Waals surface area contributed by atoms with E-state index in [0.717, 1.165) is 17.8 Å². The van der Waals surface area contributed by atoms with Gasteiger partial charge in [-0.15, -0.1) is 0 Å². The Labute approximate surface area is 118 Å². The van der Waals surface area contributed by atoms with Crippen molar-refractivity contribution in [1.29, 1.82) is 0 Å². The quantitative estimate of drug-likeness (QED) is 0.843. The minimum atomic E-state index is -3.56. The first kappa shape index (κ1) is 13.9. The number of halogens is 1. The number of nitrogens with zero attached hydrogens (tertiary/aromatic N) is 2. The highest BCUT2D eigenvalue weighted by atomic mass is 79.9. The fourth-order valence-corrected chi connectivity index (χ4v) is 4.42. The van der Waals surface area contributed by atoms with Gasteiger partial charge >= 0.3 is 0 Å². The summed E-state index contributed by atoms with van der Waals surface area (Å²) in [5, 5.41) is 0.577. The van der Waals surface area contributed by atoms with E-state index in [1.54, 1.807) is 18.2 Å². The standard InChI is InChI=1S/C10H12BrN3O2S2/c1-2-7(6-11)14-18(15,16)9-5-3-4-8-10(9)13-17-12-8/h3-5,7,14H,2,6H2,1H3. The SMILES string of the molecule is CCC(CBr)NS(=O)(=O)c1cccc2c1N=S=N2. The van der Waals surface area contributed by atoms with Crippen LogP contribution in [0.3, 0.4) is 0 Å². The Kier molecular flexibility index (Phi) is 4.31. The Morgan fingerprint density at radius 1 is 1.44 bits per heavy atom. The molecule has 8 heteroatoms. The smallest absolute Gasteiger partial charge is 0.207 e. The molecule has 1 aromatic carbocycles. The zero-order valence-electron chi connectivity index (χ0n) is 9.63. The van der Waals surface area contributed by atoms with E-state index in [0.29, 0.717) is 16.7 Å². The second-order valence-electron chi connectivity index (χ2n) is 3.77. The Morgan fingerprint density at radius 2 is 2.22 bits per heavy atom. The van der Waals surface area contributed by atoms with Crippen molar-refractivity contribution in [2.75, 3.05) is 5.33 Å². The highest BCUT2D eigenvalue weighted by molar-refractivity contribution is 9.09. The van der Waals surface area contributed by atoms with Crippen molar-refractivity contribution in [2.24, 2.45) is 8.73 Å². The molecule has 0 radical (unpaired) electrons. The van der Waals surface area contributed by atoms with Gasteiger partial charge in [0.2, 0.25) is 10.0 Å². The number of nitrogens with one attached hydrogen (secondary N) is 1. The van der Waals surface area contributed by atoms with E-state index in [2.05, 4.69) is 29.4 Å². The van der Waals surface area contributed by atoms with Crippen LogP contribution in [0.4, 0.5) is 11.4 Å². The molecule has 5 nitrogen and oxygen atoms in total.